The van der Waals surface area contributed by atoms with Gasteiger partial charge in [0.15, 0.2) is 0 Å². The van der Waals surface area contributed by atoms with Gasteiger partial charge in [0.05, 0.1) is 6.04 Å². The number of hydrogen-bond acceptors (Lipinski definition) is 2. The van der Waals surface area contributed by atoms with Crippen molar-refractivity contribution in [1.29, 1.82) is 0 Å². The SMILES string of the molecule is C=CCN(CC=C)C(=O)C1NCC2CCCC21. The van der Waals surface area contributed by atoms with Crippen LogP contribution >= 0.6 is 0 Å². The van der Waals surface area contributed by atoms with Gasteiger partial charge in [-0.05, 0) is 31.2 Å². The highest BCUT2D eigenvalue weighted by atomic mass is 16.2. The monoisotopic (exact) mass is 234 g/mol. The molecule has 1 amide bonds. The number of amides is 1. The smallest absolute Gasteiger partial charge is 0.240 e. The van der Waals surface area contributed by atoms with Gasteiger partial charge in [-0.1, -0.05) is 18.6 Å². The maximum absolute atomic E-state index is 12.4. The van der Waals surface area contributed by atoms with Crippen LogP contribution in [-0.2, 0) is 4.79 Å². The number of carbonyl (C=O) groups is 1. The zero-order chi connectivity index (χ0) is 12.3. The Labute approximate surface area is 104 Å². The Morgan fingerprint density at radius 2 is 2.00 bits per heavy atom. The maximum Gasteiger partial charge on any atom is 0.240 e. The average Bonchev–Trinajstić information content (AvgIpc) is 2.89. The van der Waals surface area contributed by atoms with E-state index in [4.69, 9.17) is 0 Å². The molecule has 3 nitrogen and oxygen atoms in total. The van der Waals surface area contributed by atoms with E-state index in [0.717, 1.165) is 12.5 Å². The van der Waals surface area contributed by atoms with E-state index in [2.05, 4.69) is 18.5 Å². The van der Waals surface area contributed by atoms with Crippen molar-refractivity contribution in [2.24, 2.45) is 11.8 Å². The second-order valence-electron chi connectivity index (χ2n) is 5.06. The summed E-state index contributed by atoms with van der Waals surface area (Å²) < 4.78 is 0. The summed E-state index contributed by atoms with van der Waals surface area (Å²) in [6, 6.07) is 0.0300. The van der Waals surface area contributed by atoms with Gasteiger partial charge in [-0.25, -0.2) is 0 Å². The van der Waals surface area contributed by atoms with Gasteiger partial charge >= 0.3 is 0 Å². The van der Waals surface area contributed by atoms with Crippen LogP contribution < -0.4 is 5.32 Å². The first-order valence-electron chi connectivity index (χ1n) is 6.52. The molecule has 0 spiro atoms. The van der Waals surface area contributed by atoms with Crippen LogP contribution in [0.3, 0.4) is 0 Å². The fourth-order valence-corrected chi connectivity index (χ4v) is 3.22. The molecule has 1 aliphatic heterocycles. The highest BCUT2D eigenvalue weighted by molar-refractivity contribution is 5.83. The lowest BCUT2D eigenvalue weighted by atomic mass is 9.93. The van der Waals surface area contributed by atoms with Gasteiger partial charge in [-0.3, -0.25) is 4.79 Å². The summed E-state index contributed by atoms with van der Waals surface area (Å²) >= 11 is 0. The highest BCUT2D eigenvalue weighted by Crippen LogP contribution is 2.38. The normalized spacial score (nSPS) is 30.9. The van der Waals surface area contributed by atoms with E-state index >= 15 is 0 Å². The minimum Gasteiger partial charge on any atom is -0.334 e. The molecule has 2 fully saturated rings. The molecule has 94 valence electrons. The Morgan fingerprint density at radius 1 is 1.29 bits per heavy atom. The Kier molecular flexibility index (Phi) is 4.00. The van der Waals surface area contributed by atoms with Crippen molar-refractivity contribution < 1.29 is 4.79 Å². The molecule has 3 unspecified atom stereocenters. The first-order valence-corrected chi connectivity index (χ1v) is 6.52. The van der Waals surface area contributed by atoms with Gasteiger partial charge in [-0.15, -0.1) is 13.2 Å². The number of fused-ring (bicyclic) bond motifs is 1. The Balaban J connectivity index is 2.02. The molecule has 1 heterocycles. The van der Waals surface area contributed by atoms with Gasteiger partial charge in [0.1, 0.15) is 0 Å². The van der Waals surface area contributed by atoms with Gasteiger partial charge in [-0.2, -0.15) is 0 Å². The van der Waals surface area contributed by atoms with Crippen molar-refractivity contribution in [1.82, 2.24) is 10.2 Å². The van der Waals surface area contributed by atoms with Crippen molar-refractivity contribution in [3.05, 3.63) is 25.3 Å². The number of nitrogens with zero attached hydrogens (tertiary/aromatic N) is 1. The number of rotatable bonds is 5. The first-order chi connectivity index (χ1) is 8.27. The third kappa shape index (κ3) is 2.44. The van der Waals surface area contributed by atoms with E-state index in [1.165, 1.54) is 19.3 Å². The molecule has 2 rings (SSSR count). The average molecular weight is 234 g/mol. The Bertz CT molecular complexity index is 303. The largest absolute Gasteiger partial charge is 0.334 e. The Hall–Kier alpha value is -1.09. The fourth-order valence-electron chi connectivity index (χ4n) is 3.22. The lowest BCUT2D eigenvalue weighted by molar-refractivity contribution is -0.133. The van der Waals surface area contributed by atoms with Crippen molar-refractivity contribution >= 4 is 5.91 Å². The quantitative estimate of drug-likeness (QED) is 0.732. The van der Waals surface area contributed by atoms with Crippen molar-refractivity contribution in [2.75, 3.05) is 19.6 Å². The van der Waals surface area contributed by atoms with Crippen LogP contribution in [0.4, 0.5) is 0 Å². The minimum atomic E-state index is 0.0300. The highest BCUT2D eigenvalue weighted by Gasteiger charge is 2.43. The second kappa shape index (κ2) is 5.50. The molecule has 1 aliphatic carbocycles. The van der Waals surface area contributed by atoms with Crippen molar-refractivity contribution in [3.63, 3.8) is 0 Å². The van der Waals surface area contributed by atoms with E-state index in [0.29, 0.717) is 19.0 Å². The van der Waals surface area contributed by atoms with Crippen LogP contribution in [-0.4, -0.2) is 36.5 Å². The second-order valence-corrected chi connectivity index (χ2v) is 5.06. The summed E-state index contributed by atoms with van der Waals surface area (Å²) in [6.07, 6.45) is 7.32. The van der Waals surface area contributed by atoms with Crippen molar-refractivity contribution in [3.8, 4) is 0 Å². The molecule has 17 heavy (non-hydrogen) atoms. The molecule has 1 N–H and O–H groups in total. The summed E-state index contributed by atoms with van der Waals surface area (Å²) in [6.45, 7) is 9.65. The molecule has 0 bridgehead atoms. The van der Waals surface area contributed by atoms with Gasteiger partial charge in [0.25, 0.3) is 0 Å². The lowest BCUT2D eigenvalue weighted by Gasteiger charge is -2.26. The first kappa shape index (κ1) is 12.4. The molecule has 0 aromatic heterocycles. The summed E-state index contributed by atoms with van der Waals surface area (Å²) in [7, 11) is 0. The standard InChI is InChI=1S/C14H22N2O/c1-3-8-16(9-4-2)14(17)13-12-7-5-6-11(12)10-15-13/h3-4,11-13,15H,1-2,5-10H2. The van der Waals surface area contributed by atoms with E-state index in [1.807, 2.05) is 4.90 Å². The summed E-state index contributed by atoms with van der Waals surface area (Å²) in [5.41, 5.74) is 0. The van der Waals surface area contributed by atoms with Crippen LogP contribution in [0, 0.1) is 11.8 Å². The molecular weight excluding hydrogens is 212 g/mol. The predicted molar refractivity (Wildman–Crippen MR) is 69.6 cm³/mol. The molecular formula is C14H22N2O. The summed E-state index contributed by atoms with van der Waals surface area (Å²) in [5.74, 6) is 1.50. The molecule has 1 saturated carbocycles. The Morgan fingerprint density at radius 3 is 2.65 bits per heavy atom. The molecule has 0 radical (unpaired) electrons. The number of nitrogens with one attached hydrogen (secondary N) is 1. The van der Waals surface area contributed by atoms with Crippen molar-refractivity contribution in [2.45, 2.75) is 25.3 Å². The summed E-state index contributed by atoms with van der Waals surface area (Å²) in [5, 5.41) is 3.40. The van der Waals surface area contributed by atoms with E-state index < -0.39 is 0 Å². The van der Waals surface area contributed by atoms with Crippen LogP contribution in [0.2, 0.25) is 0 Å². The zero-order valence-corrected chi connectivity index (χ0v) is 10.4. The van der Waals surface area contributed by atoms with E-state index in [9.17, 15) is 4.79 Å². The number of hydrogen-bond donors (Lipinski definition) is 1. The van der Waals surface area contributed by atoms with Crippen LogP contribution in [0.5, 0.6) is 0 Å². The minimum absolute atomic E-state index is 0.0300. The predicted octanol–water partition coefficient (Wildman–Crippen LogP) is 1.58. The van der Waals surface area contributed by atoms with Crippen LogP contribution in [0.1, 0.15) is 19.3 Å². The van der Waals surface area contributed by atoms with E-state index in [-0.39, 0.29) is 11.9 Å². The molecule has 1 saturated heterocycles. The van der Waals surface area contributed by atoms with Gasteiger partial charge in [0, 0.05) is 13.1 Å². The van der Waals surface area contributed by atoms with Gasteiger partial charge < -0.3 is 10.2 Å². The van der Waals surface area contributed by atoms with Crippen LogP contribution in [0.25, 0.3) is 0 Å². The van der Waals surface area contributed by atoms with Gasteiger partial charge in [0.2, 0.25) is 5.91 Å². The molecule has 3 atom stereocenters. The maximum atomic E-state index is 12.4. The molecule has 0 aromatic carbocycles. The third-order valence-electron chi connectivity index (χ3n) is 4.02. The molecule has 2 aliphatic rings. The lowest BCUT2D eigenvalue weighted by Crippen LogP contribution is -2.46. The fraction of sp³-hybridized carbons (Fsp3) is 0.643. The van der Waals surface area contributed by atoms with Crippen LogP contribution in [0.15, 0.2) is 25.3 Å². The zero-order valence-electron chi connectivity index (χ0n) is 10.4. The number of carbonyl (C=O) groups excluding carboxylic acids is 1. The topological polar surface area (TPSA) is 32.3 Å². The third-order valence-corrected chi connectivity index (χ3v) is 4.02. The molecule has 0 aromatic rings. The van der Waals surface area contributed by atoms with E-state index in [1.54, 1.807) is 12.2 Å². The summed E-state index contributed by atoms with van der Waals surface area (Å²) in [4.78, 5) is 14.3. The molecule has 3 heteroatoms.